The number of hydrogen-bond donors (Lipinski definition) is 3. The second-order valence-electron chi connectivity index (χ2n) is 7.58. The first kappa shape index (κ1) is 26.1. The van der Waals surface area contributed by atoms with Gasteiger partial charge in [0.15, 0.2) is 11.5 Å². The first-order chi connectivity index (χ1) is 17.4. The van der Waals surface area contributed by atoms with Gasteiger partial charge in [-0.1, -0.05) is 0 Å². The van der Waals surface area contributed by atoms with Gasteiger partial charge in [0.25, 0.3) is 0 Å². The number of aldehydes is 1. The Morgan fingerprint density at radius 3 is 2.75 bits per heavy atom. The fraction of sp³-hybridized carbons (Fsp3) is 0.381. The number of hydroxylamine groups is 1. The van der Waals surface area contributed by atoms with Crippen LogP contribution in [0, 0.1) is 0 Å². The quantitative estimate of drug-likeness (QED) is 0.210. The van der Waals surface area contributed by atoms with Gasteiger partial charge in [-0.15, -0.1) is 10.5 Å². The van der Waals surface area contributed by atoms with Crippen molar-refractivity contribution in [1.82, 2.24) is 25.4 Å². The predicted molar refractivity (Wildman–Crippen MR) is 134 cm³/mol. The van der Waals surface area contributed by atoms with Crippen LogP contribution in [-0.4, -0.2) is 76.8 Å². The molecule has 2 aromatic heterocycles. The number of carboxylic acid groups (broad SMARTS) is 1. The molecule has 3 N–H and O–H groups in total. The number of methoxy groups -OCH3 is 1. The Labute approximate surface area is 221 Å². The zero-order valence-corrected chi connectivity index (χ0v) is 22.2. The van der Waals surface area contributed by atoms with Crippen LogP contribution in [0.1, 0.15) is 12.8 Å². The van der Waals surface area contributed by atoms with Gasteiger partial charge in [0.05, 0.1) is 46.2 Å². The Bertz CT molecular complexity index is 1250. The minimum absolute atomic E-state index is 0.0231. The average molecular weight is 630 g/mol. The Hall–Kier alpha value is -3.01. The number of nitrogens with one attached hydrogen (secondary N) is 2. The van der Waals surface area contributed by atoms with Crippen LogP contribution < -0.4 is 24.7 Å². The van der Waals surface area contributed by atoms with Crippen LogP contribution in [0.15, 0.2) is 21.2 Å². The van der Waals surface area contributed by atoms with Crippen LogP contribution in [0.25, 0.3) is 10.9 Å². The largest absolute Gasteiger partial charge is 0.481 e. The van der Waals surface area contributed by atoms with Crippen LogP contribution in [0.5, 0.6) is 23.5 Å². The van der Waals surface area contributed by atoms with Crippen molar-refractivity contribution in [2.24, 2.45) is 0 Å². The van der Waals surface area contributed by atoms with Crippen molar-refractivity contribution in [1.29, 1.82) is 0 Å². The van der Waals surface area contributed by atoms with Crippen molar-refractivity contribution < 1.29 is 33.7 Å². The van der Waals surface area contributed by atoms with Gasteiger partial charge >= 0.3 is 18.0 Å². The molecule has 192 valence electrons. The number of aromatic amines is 1. The second-order valence-corrected chi connectivity index (χ2v) is 9.23. The van der Waals surface area contributed by atoms with E-state index in [1.165, 1.54) is 7.11 Å². The van der Waals surface area contributed by atoms with Crippen molar-refractivity contribution in [2.75, 3.05) is 38.3 Å². The van der Waals surface area contributed by atoms with Gasteiger partial charge in [0.1, 0.15) is 6.29 Å². The minimum atomic E-state index is -1.00. The van der Waals surface area contributed by atoms with Gasteiger partial charge in [-0.25, -0.2) is 0 Å². The summed E-state index contributed by atoms with van der Waals surface area (Å²) in [5.41, 5.74) is 3.30. The molecule has 0 unspecified atom stereocenters. The molecule has 3 aromatic rings. The van der Waals surface area contributed by atoms with Gasteiger partial charge in [0, 0.05) is 25.7 Å². The lowest BCUT2D eigenvalue weighted by Crippen LogP contribution is -2.37. The highest BCUT2D eigenvalue weighted by atomic mass is 79.9. The molecule has 0 spiro atoms. The molecular formula is C21H22Br2N6O7. The molecule has 0 radical (unpaired) electrons. The maximum atomic E-state index is 11.3. The van der Waals surface area contributed by atoms with Crippen molar-refractivity contribution in [3.63, 3.8) is 0 Å². The van der Waals surface area contributed by atoms with E-state index >= 15 is 0 Å². The Kier molecular flexibility index (Phi) is 8.56. The molecule has 0 saturated carbocycles. The fourth-order valence-corrected chi connectivity index (χ4v) is 4.86. The molecular weight excluding hydrogens is 608 g/mol. The number of carbonyl (C=O) groups excluding carboxylic acids is 1. The second kappa shape index (κ2) is 11.8. The maximum Gasteiger partial charge on any atom is 0.330 e. The molecule has 0 aliphatic carbocycles. The number of ether oxygens (including phenoxy) is 3. The fourth-order valence-electron chi connectivity index (χ4n) is 3.38. The summed E-state index contributed by atoms with van der Waals surface area (Å²) in [7, 11) is 1.46. The van der Waals surface area contributed by atoms with Gasteiger partial charge in [0.2, 0.25) is 5.95 Å². The molecule has 4 rings (SSSR count). The van der Waals surface area contributed by atoms with Gasteiger partial charge < -0.3 is 38.8 Å². The number of morpholine rings is 1. The monoisotopic (exact) mass is 628 g/mol. The summed E-state index contributed by atoms with van der Waals surface area (Å²) in [4.78, 5) is 45.7. The Balaban J connectivity index is 1.61. The predicted octanol–water partition coefficient (Wildman–Crippen LogP) is 2.83. The van der Waals surface area contributed by atoms with E-state index in [1.807, 2.05) is 4.90 Å². The maximum absolute atomic E-state index is 11.3. The molecule has 0 bridgehead atoms. The van der Waals surface area contributed by atoms with E-state index in [-0.39, 0.29) is 24.9 Å². The summed E-state index contributed by atoms with van der Waals surface area (Å²) in [6, 6.07) is 1.11. The number of rotatable bonds is 11. The lowest BCUT2D eigenvalue weighted by atomic mass is 10.2. The summed E-state index contributed by atoms with van der Waals surface area (Å²) in [6.07, 6.45) is 2.09. The van der Waals surface area contributed by atoms with Crippen LogP contribution in [0.2, 0.25) is 0 Å². The molecule has 1 fully saturated rings. The summed E-state index contributed by atoms with van der Waals surface area (Å²) in [5.74, 6) is 0.131. The van der Waals surface area contributed by atoms with E-state index in [4.69, 9.17) is 24.2 Å². The third-order valence-electron chi connectivity index (χ3n) is 5.19. The molecule has 36 heavy (non-hydrogen) atoms. The number of H-pyrrole nitrogens is 1. The van der Waals surface area contributed by atoms with Gasteiger partial charge in [-0.2, -0.15) is 9.97 Å². The summed E-state index contributed by atoms with van der Waals surface area (Å²) in [5, 5.41) is 9.45. The third-order valence-corrected chi connectivity index (χ3v) is 6.53. The van der Waals surface area contributed by atoms with Crippen LogP contribution in [-0.2, 0) is 14.3 Å². The molecule has 15 heteroatoms. The molecule has 3 heterocycles. The van der Waals surface area contributed by atoms with Crippen molar-refractivity contribution in [3.8, 4) is 23.5 Å². The molecule has 1 aliphatic rings. The summed E-state index contributed by atoms with van der Waals surface area (Å²) >= 11 is 7.08. The molecule has 1 aromatic carbocycles. The standard InChI is InChI=1S/C21H22Br2N6O7/c1-33-20-25-19(29-4-6-34-7-5-29)26-21(27-20)35-18-12(22)8-13-16(17(18)23)14(9-24-13)36-28-11(10-30)2-3-15(31)32/h8-11,24,28H,2-7H2,1H3,(H,31,32)/t11-/m0/s1. The van der Waals surface area contributed by atoms with Crippen LogP contribution in [0.4, 0.5) is 5.95 Å². The van der Waals surface area contributed by atoms with Crippen molar-refractivity contribution in [2.45, 2.75) is 18.9 Å². The zero-order chi connectivity index (χ0) is 25.7. The SMILES string of the molecule is COc1nc(Oc2c(Br)cc3[nH]cc(ON[C@H](C=O)CCC(=O)O)c3c2Br)nc(N2CCOCC2)n1. The first-order valence-electron chi connectivity index (χ1n) is 10.8. The smallest absolute Gasteiger partial charge is 0.330 e. The summed E-state index contributed by atoms with van der Waals surface area (Å²) < 4.78 is 17.8. The van der Waals surface area contributed by atoms with E-state index in [0.717, 1.165) is 0 Å². The van der Waals surface area contributed by atoms with Gasteiger partial charge in [-0.3, -0.25) is 4.79 Å². The zero-order valence-electron chi connectivity index (χ0n) is 19.0. The number of aromatic nitrogens is 4. The van der Waals surface area contributed by atoms with E-state index in [2.05, 4.69) is 57.3 Å². The number of hydrogen-bond acceptors (Lipinski definition) is 11. The lowest BCUT2D eigenvalue weighted by Gasteiger charge is -2.26. The van der Waals surface area contributed by atoms with E-state index in [1.54, 1.807) is 12.3 Å². The van der Waals surface area contributed by atoms with E-state index < -0.39 is 12.0 Å². The molecule has 1 atom stereocenters. The Morgan fingerprint density at radius 1 is 1.31 bits per heavy atom. The van der Waals surface area contributed by atoms with Crippen LogP contribution in [0.3, 0.4) is 0 Å². The number of benzene rings is 1. The number of aliphatic carboxylic acids is 1. The average Bonchev–Trinajstić information content (AvgIpc) is 3.29. The molecule has 13 nitrogen and oxygen atoms in total. The van der Waals surface area contributed by atoms with Crippen molar-refractivity contribution >= 4 is 61.0 Å². The molecule has 1 aliphatic heterocycles. The highest BCUT2D eigenvalue weighted by molar-refractivity contribution is 9.11. The lowest BCUT2D eigenvalue weighted by molar-refractivity contribution is -0.137. The van der Waals surface area contributed by atoms with E-state index in [0.29, 0.717) is 69.9 Å². The number of halogens is 2. The highest BCUT2D eigenvalue weighted by Crippen LogP contribution is 2.44. The normalized spacial score (nSPS) is 14.5. The number of fused-ring (bicyclic) bond motifs is 1. The number of nitrogens with zero attached hydrogens (tertiary/aromatic N) is 4. The first-order valence-corrected chi connectivity index (χ1v) is 12.4. The topological polar surface area (TPSA) is 161 Å². The highest BCUT2D eigenvalue weighted by Gasteiger charge is 2.22. The van der Waals surface area contributed by atoms with Crippen LogP contribution >= 0.6 is 31.9 Å². The van der Waals surface area contributed by atoms with Gasteiger partial charge in [-0.05, 0) is 44.3 Å². The number of carbonyl (C=O) groups is 2. The van der Waals surface area contributed by atoms with E-state index in [9.17, 15) is 9.59 Å². The minimum Gasteiger partial charge on any atom is -0.481 e. The number of anilines is 1. The third kappa shape index (κ3) is 6.03. The summed E-state index contributed by atoms with van der Waals surface area (Å²) in [6.45, 7) is 2.36. The molecule has 0 amide bonds. The van der Waals surface area contributed by atoms with Crippen molar-refractivity contribution in [3.05, 3.63) is 21.2 Å². The number of carboxylic acids is 1. The Morgan fingerprint density at radius 2 is 2.06 bits per heavy atom. The molecule has 1 saturated heterocycles.